The third kappa shape index (κ3) is 9.93. The molecule has 0 unspecified atom stereocenters. The van der Waals surface area contributed by atoms with Crippen LogP contribution >= 0.6 is 0 Å². The second kappa shape index (κ2) is 19.7. The van der Waals surface area contributed by atoms with Crippen LogP contribution in [0.15, 0.2) is 225 Å². The standard InChI is InChI=1S/C63H48N4/c1-44-12-35-63(67-43-44)55-33-34-59(60(41-55)52-31-29-51(30-32-52)50-23-21-47(42-64)22-24-50)58-9-3-2-8-57(58)56-39-48(15-13-45-17-25-53(26-18-45)61-10-4-6-36-65-61)38-49(40-56)16-14-46-19-27-54(28-20-46)62-11-5-7-37-66-62/h2-12,17-41,43H,13-16H2,1H3. The first-order chi connectivity index (χ1) is 33.0. The molecule has 0 radical (unpaired) electrons. The van der Waals surface area contributed by atoms with Crippen LogP contribution in [0.5, 0.6) is 0 Å². The van der Waals surface area contributed by atoms with Crippen LogP contribution in [0.4, 0.5) is 0 Å². The van der Waals surface area contributed by atoms with E-state index in [4.69, 9.17) is 4.98 Å². The Morgan fingerprint density at radius 1 is 0.343 bits per heavy atom. The van der Waals surface area contributed by atoms with Crippen LogP contribution in [0.25, 0.3) is 78.3 Å². The van der Waals surface area contributed by atoms with Crippen LogP contribution in [-0.2, 0) is 25.7 Å². The quantitative estimate of drug-likeness (QED) is 0.116. The smallest absolute Gasteiger partial charge is 0.0991 e. The van der Waals surface area contributed by atoms with Crippen molar-refractivity contribution in [2.75, 3.05) is 0 Å². The molecule has 0 aliphatic heterocycles. The highest BCUT2D eigenvalue weighted by Gasteiger charge is 2.16. The highest BCUT2D eigenvalue weighted by atomic mass is 14.7. The summed E-state index contributed by atoms with van der Waals surface area (Å²) in [5.74, 6) is 0. The molecule has 3 heterocycles. The third-order valence-corrected chi connectivity index (χ3v) is 12.6. The predicted molar refractivity (Wildman–Crippen MR) is 275 cm³/mol. The molecule has 0 spiro atoms. The first kappa shape index (κ1) is 42.4. The Balaban J connectivity index is 1.01. The minimum atomic E-state index is 0.654. The van der Waals surface area contributed by atoms with Crippen molar-refractivity contribution in [2.24, 2.45) is 0 Å². The van der Waals surface area contributed by atoms with E-state index in [0.29, 0.717) is 5.56 Å². The van der Waals surface area contributed by atoms with Gasteiger partial charge in [-0.15, -0.1) is 0 Å². The van der Waals surface area contributed by atoms with E-state index >= 15 is 0 Å². The molecule has 0 aliphatic carbocycles. The lowest BCUT2D eigenvalue weighted by Crippen LogP contribution is -1.98. The van der Waals surface area contributed by atoms with Gasteiger partial charge < -0.3 is 0 Å². The van der Waals surface area contributed by atoms with Gasteiger partial charge in [-0.1, -0.05) is 158 Å². The lowest BCUT2D eigenvalue weighted by Gasteiger charge is -2.18. The van der Waals surface area contributed by atoms with Gasteiger partial charge in [0.15, 0.2) is 0 Å². The van der Waals surface area contributed by atoms with Crippen LogP contribution in [0.3, 0.4) is 0 Å². The van der Waals surface area contributed by atoms with Crippen LogP contribution < -0.4 is 0 Å². The largest absolute Gasteiger partial charge is 0.256 e. The van der Waals surface area contributed by atoms with Crippen LogP contribution in [0, 0.1) is 18.3 Å². The van der Waals surface area contributed by atoms with Gasteiger partial charge in [0.1, 0.15) is 0 Å². The highest BCUT2D eigenvalue weighted by molar-refractivity contribution is 5.94. The van der Waals surface area contributed by atoms with E-state index in [-0.39, 0.29) is 0 Å². The molecule has 4 nitrogen and oxygen atoms in total. The van der Waals surface area contributed by atoms with Crippen molar-refractivity contribution in [1.82, 2.24) is 15.0 Å². The minimum absolute atomic E-state index is 0.654. The van der Waals surface area contributed by atoms with Gasteiger partial charge in [-0.25, -0.2) is 0 Å². The number of nitrogens with zero attached hydrogens (tertiary/aromatic N) is 4. The van der Waals surface area contributed by atoms with Gasteiger partial charge in [0.25, 0.3) is 0 Å². The molecule has 4 heteroatoms. The molecule has 0 saturated carbocycles. The van der Waals surface area contributed by atoms with Crippen LogP contribution in [0.1, 0.15) is 33.4 Å². The van der Waals surface area contributed by atoms with Crippen molar-refractivity contribution in [2.45, 2.75) is 32.6 Å². The average Bonchev–Trinajstić information content (AvgIpc) is 3.40. The molecule has 10 rings (SSSR count). The van der Waals surface area contributed by atoms with Crippen molar-refractivity contribution in [3.05, 3.63) is 258 Å². The predicted octanol–water partition coefficient (Wildman–Crippen LogP) is 15.3. The Morgan fingerprint density at radius 3 is 1.36 bits per heavy atom. The van der Waals surface area contributed by atoms with Gasteiger partial charge in [-0.05, 0) is 153 Å². The zero-order valence-corrected chi connectivity index (χ0v) is 37.5. The number of rotatable bonds is 13. The summed E-state index contributed by atoms with van der Waals surface area (Å²) in [6.07, 6.45) is 9.32. The molecule has 10 aromatic rings. The van der Waals surface area contributed by atoms with Gasteiger partial charge in [-0.3, -0.25) is 15.0 Å². The lowest BCUT2D eigenvalue weighted by atomic mass is 9.86. The summed E-state index contributed by atoms with van der Waals surface area (Å²) < 4.78 is 0. The molecule has 3 aromatic heterocycles. The second-order valence-corrected chi connectivity index (χ2v) is 17.2. The number of nitriles is 1. The maximum absolute atomic E-state index is 9.37. The summed E-state index contributed by atoms with van der Waals surface area (Å²) in [6, 6.07) is 75.7. The minimum Gasteiger partial charge on any atom is -0.256 e. The highest BCUT2D eigenvalue weighted by Crippen LogP contribution is 2.41. The first-order valence-corrected chi connectivity index (χ1v) is 22.9. The van der Waals surface area contributed by atoms with Gasteiger partial charge in [-0.2, -0.15) is 5.26 Å². The van der Waals surface area contributed by atoms with E-state index in [2.05, 4.69) is 181 Å². The fourth-order valence-corrected chi connectivity index (χ4v) is 8.90. The second-order valence-electron chi connectivity index (χ2n) is 17.2. The SMILES string of the molecule is Cc1ccc(-c2ccc(-c3ccccc3-c3cc(CCc4ccc(-c5ccccn5)cc4)cc(CCc4ccc(-c5ccccn5)cc4)c3)c(-c3ccc(-c4ccc(C#N)cc4)cc3)c2)nc1. The molecule has 67 heavy (non-hydrogen) atoms. The number of pyridine rings is 3. The number of aromatic nitrogens is 3. The summed E-state index contributed by atoms with van der Waals surface area (Å²) >= 11 is 0. The fraction of sp³-hybridized carbons (Fsp3) is 0.0794. The van der Waals surface area contributed by atoms with E-state index in [1.54, 1.807) is 0 Å². The number of hydrogen-bond donors (Lipinski definition) is 0. The Labute approximate surface area is 393 Å². The molecule has 7 aromatic carbocycles. The first-order valence-electron chi connectivity index (χ1n) is 22.9. The topological polar surface area (TPSA) is 62.5 Å². The van der Waals surface area contributed by atoms with E-state index in [1.807, 2.05) is 67.1 Å². The van der Waals surface area contributed by atoms with Crippen LogP contribution in [-0.4, -0.2) is 15.0 Å². The van der Waals surface area contributed by atoms with Crippen molar-refractivity contribution < 1.29 is 0 Å². The summed E-state index contributed by atoms with van der Waals surface area (Å²) in [5, 5.41) is 9.37. The van der Waals surface area contributed by atoms with Crippen molar-refractivity contribution in [3.8, 4) is 84.3 Å². The molecule has 0 atom stereocenters. The molecular formula is C63H48N4. The van der Waals surface area contributed by atoms with Crippen LogP contribution in [0.2, 0.25) is 0 Å². The van der Waals surface area contributed by atoms with E-state index in [0.717, 1.165) is 92.8 Å². The fourth-order valence-electron chi connectivity index (χ4n) is 8.90. The number of hydrogen-bond acceptors (Lipinski definition) is 4. The summed E-state index contributed by atoms with van der Waals surface area (Å²) in [6.45, 7) is 2.07. The number of aryl methyl sites for hydroxylation is 5. The monoisotopic (exact) mass is 860 g/mol. The van der Waals surface area contributed by atoms with E-state index in [1.165, 1.54) is 38.9 Å². The van der Waals surface area contributed by atoms with Gasteiger partial charge >= 0.3 is 0 Å². The molecule has 0 fully saturated rings. The average molecular weight is 861 g/mol. The molecule has 0 amide bonds. The Hall–Kier alpha value is -8.52. The zero-order chi connectivity index (χ0) is 45.4. The molecule has 320 valence electrons. The molecule has 0 saturated heterocycles. The van der Waals surface area contributed by atoms with E-state index in [9.17, 15) is 5.26 Å². The van der Waals surface area contributed by atoms with Gasteiger partial charge in [0.05, 0.1) is 28.7 Å². The van der Waals surface area contributed by atoms with E-state index < -0.39 is 0 Å². The summed E-state index contributed by atoms with van der Waals surface area (Å²) in [5.41, 5.74) is 22.4. The normalized spacial score (nSPS) is 11.0. The van der Waals surface area contributed by atoms with Crippen molar-refractivity contribution >= 4 is 0 Å². The number of benzene rings is 7. The van der Waals surface area contributed by atoms with Gasteiger partial charge in [0, 0.05) is 35.3 Å². The molecule has 0 bridgehead atoms. The Bertz CT molecular complexity index is 3190. The molecule has 0 N–H and O–H groups in total. The van der Waals surface area contributed by atoms with Gasteiger partial charge in [0.2, 0.25) is 0 Å². The molecule has 0 aliphatic rings. The lowest BCUT2D eigenvalue weighted by molar-refractivity contribution is 0.931. The maximum Gasteiger partial charge on any atom is 0.0991 e. The van der Waals surface area contributed by atoms with Crippen molar-refractivity contribution in [3.63, 3.8) is 0 Å². The maximum atomic E-state index is 9.37. The van der Waals surface area contributed by atoms with Crippen molar-refractivity contribution in [1.29, 1.82) is 5.26 Å². The Kier molecular flexibility index (Phi) is 12.5. The molecular weight excluding hydrogens is 813 g/mol. The summed E-state index contributed by atoms with van der Waals surface area (Å²) in [4.78, 5) is 13.9. The Morgan fingerprint density at radius 2 is 0.821 bits per heavy atom. The summed E-state index contributed by atoms with van der Waals surface area (Å²) in [7, 11) is 0. The zero-order valence-electron chi connectivity index (χ0n) is 37.5. The third-order valence-electron chi connectivity index (χ3n) is 12.6.